The largest absolute Gasteiger partial charge is 0.463 e. The molecule has 2 aliphatic rings. The van der Waals surface area contributed by atoms with Crippen LogP contribution in [0.2, 0.25) is 0 Å². The van der Waals surface area contributed by atoms with Crippen molar-refractivity contribution in [2.75, 3.05) is 13.2 Å². The Labute approximate surface area is 180 Å². The van der Waals surface area contributed by atoms with Gasteiger partial charge in [0.05, 0.1) is 12.1 Å². The first kappa shape index (κ1) is 23.2. The molecule has 6 heteroatoms. The van der Waals surface area contributed by atoms with Gasteiger partial charge in [0.15, 0.2) is 5.79 Å². The van der Waals surface area contributed by atoms with E-state index in [0.29, 0.717) is 19.4 Å². The molecule has 0 saturated carbocycles. The van der Waals surface area contributed by atoms with Gasteiger partial charge in [-0.25, -0.2) is 0 Å². The predicted molar refractivity (Wildman–Crippen MR) is 115 cm³/mol. The fraction of sp³-hybridized carbons (Fsp3) is 0.708. The molecule has 1 spiro atoms. The Kier molecular flexibility index (Phi) is 6.92. The van der Waals surface area contributed by atoms with Gasteiger partial charge in [-0.15, -0.1) is 0 Å². The second kappa shape index (κ2) is 8.95. The van der Waals surface area contributed by atoms with Gasteiger partial charge in [-0.05, 0) is 39.2 Å². The molecule has 3 unspecified atom stereocenters. The zero-order chi connectivity index (χ0) is 22.0. The molecule has 3 rings (SSSR count). The molecular formula is C24H37NO5. The Hall–Kier alpha value is -1.47. The third-order valence-corrected chi connectivity index (χ3v) is 6.52. The smallest absolute Gasteiger partial charge is 0.302 e. The lowest BCUT2D eigenvalue weighted by Crippen LogP contribution is -2.67. The van der Waals surface area contributed by atoms with E-state index in [1.165, 1.54) is 6.92 Å². The molecule has 1 aromatic rings. The standard InChI is InChI=1S/C24H37NO5/c1-7-23(8-2)17-24(28-15-21(29-24)14-27-19(4)26)16-22(5,6)25(23)30-18(3)20-12-10-9-11-13-20/h9-13,18,21H,7-8,14-17H2,1-6H3. The van der Waals surface area contributed by atoms with Crippen LogP contribution in [0.15, 0.2) is 30.3 Å². The third-order valence-electron chi connectivity index (χ3n) is 6.52. The maximum atomic E-state index is 11.2. The Morgan fingerprint density at radius 1 is 1.20 bits per heavy atom. The average molecular weight is 420 g/mol. The second-order valence-electron chi connectivity index (χ2n) is 9.31. The van der Waals surface area contributed by atoms with Gasteiger partial charge in [0.2, 0.25) is 0 Å². The number of esters is 1. The minimum Gasteiger partial charge on any atom is -0.463 e. The van der Waals surface area contributed by atoms with E-state index in [0.717, 1.165) is 18.4 Å². The lowest BCUT2D eigenvalue weighted by atomic mass is 9.73. The normalized spacial score (nSPS) is 29.1. The van der Waals surface area contributed by atoms with Crippen LogP contribution in [0.1, 0.15) is 78.9 Å². The zero-order valence-electron chi connectivity index (χ0n) is 19.3. The Morgan fingerprint density at radius 3 is 2.47 bits per heavy atom. The summed E-state index contributed by atoms with van der Waals surface area (Å²) in [4.78, 5) is 17.8. The summed E-state index contributed by atoms with van der Waals surface area (Å²) >= 11 is 0. The highest BCUT2D eigenvalue weighted by Crippen LogP contribution is 2.51. The van der Waals surface area contributed by atoms with E-state index in [9.17, 15) is 4.79 Å². The van der Waals surface area contributed by atoms with E-state index in [-0.39, 0.29) is 35.9 Å². The molecule has 0 aliphatic carbocycles. The third kappa shape index (κ3) is 4.72. The summed E-state index contributed by atoms with van der Waals surface area (Å²) < 4.78 is 17.8. The Morgan fingerprint density at radius 2 is 1.87 bits per heavy atom. The van der Waals surface area contributed by atoms with E-state index in [4.69, 9.17) is 19.0 Å². The zero-order valence-corrected chi connectivity index (χ0v) is 19.3. The number of hydroxylamine groups is 2. The van der Waals surface area contributed by atoms with Gasteiger partial charge in [0.1, 0.15) is 18.8 Å². The van der Waals surface area contributed by atoms with E-state index in [2.05, 4.69) is 51.8 Å². The highest BCUT2D eigenvalue weighted by molar-refractivity contribution is 5.65. The van der Waals surface area contributed by atoms with Crippen molar-refractivity contribution in [3.05, 3.63) is 35.9 Å². The minimum absolute atomic E-state index is 0.0564. The van der Waals surface area contributed by atoms with Crippen LogP contribution in [-0.2, 0) is 23.8 Å². The van der Waals surface area contributed by atoms with Crippen molar-refractivity contribution < 1.29 is 23.8 Å². The molecule has 2 aliphatic heterocycles. The number of carbonyl (C=O) groups is 1. The molecule has 0 aromatic heterocycles. The van der Waals surface area contributed by atoms with Crippen LogP contribution in [0.25, 0.3) is 0 Å². The van der Waals surface area contributed by atoms with Crippen LogP contribution in [0.4, 0.5) is 0 Å². The SMILES string of the molecule is CCC1(CC)CC2(CC(C)(C)N1OC(C)c1ccccc1)OCC(COC(C)=O)O2. The topological polar surface area (TPSA) is 57.2 Å². The molecule has 3 atom stereocenters. The van der Waals surface area contributed by atoms with Crippen LogP contribution in [0, 0.1) is 0 Å². The lowest BCUT2D eigenvalue weighted by molar-refractivity contribution is -0.360. The fourth-order valence-corrected chi connectivity index (χ4v) is 5.09. The number of piperidine rings is 1. The Bertz CT molecular complexity index is 718. The summed E-state index contributed by atoms with van der Waals surface area (Å²) in [6.07, 6.45) is 2.94. The number of hydrogen-bond acceptors (Lipinski definition) is 6. The van der Waals surface area contributed by atoms with Crippen LogP contribution in [0.5, 0.6) is 0 Å². The molecule has 6 nitrogen and oxygen atoms in total. The number of nitrogens with zero attached hydrogens (tertiary/aromatic N) is 1. The number of ether oxygens (including phenoxy) is 3. The first-order chi connectivity index (χ1) is 14.2. The van der Waals surface area contributed by atoms with E-state index >= 15 is 0 Å². The van der Waals surface area contributed by atoms with Gasteiger partial charge in [-0.1, -0.05) is 44.2 Å². The molecule has 0 N–H and O–H groups in total. The summed E-state index contributed by atoms with van der Waals surface area (Å²) in [6, 6.07) is 10.3. The fourth-order valence-electron chi connectivity index (χ4n) is 5.09. The molecule has 30 heavy (non-hydrogen) atoms. The molecule has 0 bridgehead atoms. The summed E-state index contributed by atoms with van der Waals surface area (Å²) in [5, 5.41) is 2.22. The number of rotatable bonds is 7. The number of benzene rings is 1. The van der Waals surface area contributed by atoms with E-state index in [1.54, 1.807) is 0 Å². The molecule has 2 saturated heterocycles. The van der Waals surface area contributed by atoms with Crippen molar-refractivity contribution in [2.45, 2.75) is 96.3 Å². The van der Waals surface area contributed by atoms with Crippen molar-refractivity contribution in [3.8, 4) is 0 Å². The first-order valence-corrected chi connectivity index (χ1v) is 11.1. The predicted octanol–water partition coefficient (Wildman–Crippen LogP) is 4.79. The van der Waals surface area contributed by atoms with Gasteiger partial charge in [0, 0.05) is 25.3 Å². The van der Waals surface area contributed by atoms with Crippen molar-refractivity contribution in [1.82, 2.24) is 5.06 Å². The molecule has 2 heterocycles. The monoisotopic (exact) mass is 419 g/mol. The number of hydrogen-bond donors (Lipinski definition) is 0. The summed E-state index contributed by atoms with van der Waals surface area (Å²) in [5.74, 6) is -0.981. The maximum absolute atomic E-state index is 11.2. The van der Waals surface area contributed by atoms with Gasteiger partial charge in [-0.3, -0.25) is 9.63 Å². The van der Waals surface area contributed by atoms with Crippen molar-refractivity contribution in [2.24, 2.45) is 0 Å². The molecule has 0 radical (unpaired) electrons. The maximum Gasteiger partial charge on any atom is 0.302 e. The van der Waals surface area contributed by atoms with Gasteiger partial charge >= 0.3 is 5.97 Å². The first-order valence-electron chi connectivity index (χ1n) is 11.1. The van der Waals surface area contributed by atoms with Gasteiger partial charge in [-0.2, -0.15) is 5.06 Å². The quantitative estimate of drug-likeness (QED) is 0.593. The summed E-state index contributed by atoms with van der Waals surface area (Å²) in [5.41, 5.74) is 0.634. The van der Waals surface area contributed by atoms with E-state index in [1.807, 2.05) is 18.2 Å². The molecule has 2 fully saturated rings. The van der Waals surface area contributed by atoms with Crippen LogP contribution in [0.3, 0.4) is 0 Å². The van der Waals surface area contributed by atoms with Gasteiger partial charge in [0.25, 0.3) is 0 Å². The summed E-state index contributed by atoms with van der Waals surface area (Å²) in [6.45, 7) is 13.0. The van der Waals surface area contributed by atoms with Crippen molar-refractivity contribution in [3.63, 3.8) is 0 Å². The van der Waals surface area contributed by atoms with Crippen molar-refractivity contribution in [1.29, 1.82) is 0 Å². The van der Waals surface area contributed by atoms with Crippen LogP contribution in [-0.4, -0.2) is 47.2 Å². The molecule has 0 amide bonds. The van der Waals surface area contributed by atoms with Crippen LogP contribution < -0.4 is 0 Å². The van der Waals surface area contributed by atoms with Crippen LogP contribution >= 0.6 is 0 Å². The highest BCUT2D eigenvalue weighted by Gasteiger charge is 2.60. The molecule has 168 valence electrons. The van der Waals surface area contributed by atoms with Gasteiger partial charge < -0.3 is 14.2 Å². The Balaban J connectivity index is 1.82. The van der Waals surface area contributed by atoms with E-state index < -0.39 is 5.79 Å². The second-order valence-corrected chi connectivity index (χ2v) is 9.31. The molecule has 1 aromatic carbocycles. The summed E-state index contributed by atoms with van der Waals surface area (Å²) in [7, 11) is 0. The van der Waals surface area contributed by atoms with Crippen molar-refractivity contribution >= 4 is 5.97 Å². The minimum atomic E-state index is -0.684. The highest BCUT2D eigenvalue weighted by atomic mass is 16.8. The lowest BCUT2D eigenvalue weighted by Gasteiger charge is -2.59. The average Bonchev–Trinajstić information content (AvgIpc) is 3.10. The number of carbonyl (C=O) groups excluding carboxylic acids is 1. The molecular weight excluding hydrogens is 382 g/mol.